The number of Topliss-reactive ketones (excluding diaryl/α,β-unsaturated/α-hetero) is 1. The zero-order chi connectivity index (χ0) is 40.1. The minimum atomic E-state index is -1.52. The SMILES string of the molecule is CC(C)C(C)(C)C(=O)CCCCO[C@H]1OC(COC(=O)c2ccccc2)[C@@H](OC(=O)c2ccccc2)[C@H](OC(=O)c2ccccc2)C1OC(=O)c1ccccc1. The first-order valence-electron chi connectivity index (χ1n) is 18.8. The molecular weight excluding hydrogens is 716 g/mol. The summed E-state index contributed by atoms with van der Waals surface area (Å²) in [6.07, 6.45) is -5.85. The zero-order valence-corrected chi connectivity index (χ0v) is 32.0. The van der Waals surface area contributed by atoms with Gasteiger partial charge in [-0.1, -0.05) is 100 Å². The third-order valence-electron chi connectivity index (χ3n) is 9.98. The second-order valence-corrected chi connectivity index (χ2v) is 14.3. The molecule has 0 amide bonds. The van der Waals surface area contributed by atoms with E-state index >= 15 is 0 Å². The lowest BCUT2D eigenvalue weighted by atomic mass is 9.76. The third kappa shape index (κ3) is 11.0. The first kappa shape index (κ1) is 41.5. The molecule has 5 atom stereocenters. The van der Waals surface area contributed by atoms with Gasteiger partial charge in [0.05, 0.1) is 22.3 Å². The Balaban J connectivity index is 1.49. The van der Waals surface area contributed by atoms with Crippen LogP contribution < -0.4 is 0 Å². The van der Waals surface area contributed by atoms with Crippen LogP contribution in [0.4, 0.5) is 0 Å². The number of rotatable bonds is 17. The van der Waals surface area contributed by atoms with Crippen molar-refractivity contribution < 1.29 is 52.4 Å². The predicted molar refractivity (Wildman–Crippen MR) is 206 cm³/mol. The highest BCUT2D eigenvalue weighted by Crippen LogP contribution is 2.33. The monoisotopic (exact) mass is 764 g/mol. The fourth-order valence-electron chi connectivity index (χ4n) is 5.89. The molecule has 0 aliphatic carbocycles. The van der Waals surface area contributed by atoms with Crippen molar-refractivity contribution in [2.24, 2.45) is 11.3 Å². The molecule has 0 radical (unpaired) electrons. The van der Waals surface area contributed by atoms with Gasteiger partial charge >= 0.3 is 23.9 Å². The van der Waals surface area contributed by atoms with Gasteiger partial charge in [-0.15, -0.1) is 0 Å². The van der Waals surface area contributed by atoms with Crippen LogP contribution in [0.5, 0.6) is 0 Å². The topological polar surface area (TPSA) is 141 Å². The van der Waals surface area contributed by atoms with E-state index in [0.29, 0.717) is 19.3 Å². The number of carbonyl (C=O) groups excluding carboxylic acids is 5. The standard InChI is InChI=1S/C45H48O11/c1-30(2)45(3,4)36(46)27-17-18-28-51-44-39(56-43(50)34-25-15-8-16-26-34)38(55-42(49)33-23-13-7-14-24-33)37(54-41(48)32-21-11-6-12-22-32)35(53-44)29-52-40(47)31-19-9-5-10-20-31/h5-16,19-26,30,35,37-39,44H,17-18,27-29H2,1-4H3/t35?,37-,38+,39?,44+/m1/s1. The van der Waals surface area contributed by atoms with Gasteiger partial charge < -0.3 is 28.4 Å². The highest BCUT2D eigenvalue weighted by atomic mass is 16.7. The molecule has 0 spiro atoms. The van der Waals surface area contributed by atoms with Crippen molar-refractivity contribution in [3.05, 3.63) is 144 Å². The summed E-state index contributed by atoms with van der Waals surface area (Å²) in [5, 5.41) is 0. The Kier molecular flexibility index (Phi) is 14.7. The number of hydrogen-bond acceptors (Lipinski definition) is 11. The second kappa shape index (κ2) is 19.8. The van der Waals surface area contributed by atoms with Gasteiger partial charge in [-0.05, 0) is 67.3 Å². The molecule has 0 saturated carbocycles. The maximum Gasteiger partial charge on any atom is 0.338 e. The largest absolute Gasteiger partial charge is 0.459 e. The van der Waals surface area contributed by atoms with Gasteiger partial charge in [0.2, 0.25) is 0 Å². The molecule has 5 rings (SSSR count). The summed E-state index contributed by atoms with van der Waals surface area (Å²) in [6, 6.07) is 32.8. The summed E-state index contributed by atoms with van der Waals surface area (Å²) < 4.78 is 36.5. The lowest BCUT2D eigenvalue weighted by Crippen LogP contribution is -2.63. The second-order valence-electron chi connectivity index (χ2n) is 14.3. The highest BCUT2D eigenvalue weighted by Gasteiger charge is 2.53. The molecule has 1 heterocycles. The fraction of sp³-hybridized carbons (Fsp3) is 0.356. The normalized spacial score (nSPS) is 19.4. The van der Waals surface area contributed by atoms with E-state index in [1.165, 1.54) is 0 Å². The Morgan fingerprint density at radius 2 is 0.982 bits per heavy atom. The Hall–Kier alpha value is -5.65. The predicted octanol–water partition coefficient (Wildman–Crippen LogP) is 7.68. The van der Waals surface area contributed by atoms with Gasteiger partial charge in [0.15, 0.2) is 24.6 Å². The third-order valence-corrected chi connectivity index (χ3v) is 9.98. The first-order valence-corrected chi connectivity index (χ1v) is 18.8. The minimum absolute atomic E-state index is 0.0593. The molecule has 1 aliphatic rings. The van der Waals surface area contributed by atoms with E-state index in [1.54, 1.807) is 121 Å². The maximum absolute atomic E-state index is 13.8. The van der Waals surface area contributed by atoms with Gasteiger partial charge in [-0.2, -0.15) is 0 Å². The van der Waals surface area contributed by atoms with E-state index in [1.807, 2.05) is 27.7 Å². The van der Waals surface area contributed by atoms with Gasteiger partial charge in [0.25, 0.3) is 0 Å². The molecule has 1 saturated heterocycles. The van der Waals surface area contributed by atoms with Crippen LogP contribution in [0.2, 0.25) is 0 Å². The first-order chi connectivity index (χ1) is 27.0. The van der Waals surface area contributed by atoms with Crippen molar-refractivity contribution in [3.63, 3.8) is 0 Å². The molecule has 0 N–H and O–H groups in total. The summed E-state index contributed by atoms with van der Waals surface area (Å²) in [6.45, 7) is 7.48. The Morgan fingerprint density at radius 1 is 0.571 bits per heavy atom. The number of benzene rings is 4. The minimum Gasteiger partial charge on any atom is -0.459 e. The number of hydrogen-bond donors (Lipinski definition) is 0. The van der Waals surface area contributed by atoms with Crippen LogP contribution in [-0.4, -0.2) is 73.6 Å². The molecule has 11 heteroatoms. The molecule has 0 aromatic heterocycles. The van der Waals surface area contributed by atoms with E-state index in [9.17, 15) is 24.0 Å². The van der Waals surface area contributed by atoms with Crippen molar-refractivity contribution in [2.75, 3.05) is 13.2 Å². The summed E-state index contributed by atoms with van der Waals surface area (Å²) in [4.78, 5) is 67.2. The van der Waals surface area contributed by atoms with E-state index < -0.39 is 66.6 Å². The van der Waals surface area contributed by atoms with Crippen LogP contribution in [-0.2, 0) is 33.2 Å². The molecule has 294 valence electrons. The lowest BCUT2D eigenvalue weighted by molar-refractivity contribution is -0.298. The lowest BCUT2D eigenvalue weighted by Gasteiger charge is -2.44. The van der Waals surface area contributed by atoms with Crippen LogP contribution >= 0.6 is 0 Å². The molecule has 4 aromatic rings. The Bertz CT molecular complexity index is 1900. The van der Waals surface area contributed by atoms with Gasteiger partial charge in [0, 0.05) is 18.4 Å². The quantitative estimate of drug-likeness (QED) is 0.0594. The molecule has 11 nitrogen and oxygen atoms in total. The van der Waals surface area contributed by atoms with Crippen molar-refractivity contribution >= 4 is 29.7 Å². The van der Waals surface area contributed by atoms with Crippen molar-refractivity contribution in [1.82, 2.24) is 0 Å². The molecular formula is C45H48O11. The smallest absolute Gasteiger partial charge is 0.338 e. The van der Waals surface area contributed by atoms with Gasteiger partial charge in [-0.3, -0.25) is 4.79 Å². The van der Waals surface area contributed by atoms with Crippen molar-refractivity contribution in [2.45, 2.75) is 77.7 Å². The van der Waals surface area contributed by atoms with E-state index in [-0.39, 0.29) is 40.6 Å². The van der Waals surface area contributed by atoms with Crippen LogP contribution in [0, 0.1) is 11.3 Å². The fourth-order valence-corrected chi connectivity index (χ4v) is 5.89. The van der Waals surface area contributed by atoms with Crippen molar-refractivity contribution in [3.8, 4) is 0 Å². The summed E-state index contributed by atoms with van der Waals surface area (Å²) >= 11 is 0. The van der Waals surface area contributed by atoms with E-state index in [4.69, 9.17) is 28.4 Å². The number of ketones is 1. The molecule has 0 bridgehead atoms. The zero-order valence-electron chi connectivity index (χ0n) is 32.0. The van der Waals surface area contributed by atoms with Crippen LogP contribution in [0.3, 0.4) is 0 Å². The molecule has 1 aliphatic heterocycles. The van der Waals surface area contributed by atoms with E-state index in [2.05, 4.69) is 0 Å². The number of unbranched alkanes of at least 4 members (excludes halogenated alkanes) is 1. The summed E-state index contributed by atoms with van der Waals surface area (Å²) in [7, 11) is 0. The average Bonchev–Trinajstić information content (AvgIpc) is 3.22. The molecule has 4 aromatic carbocycles. The maximum atomic E-state index is 13.8. The van der Waals surface area contributed by atoms with Gasteiger partial charge in [0.1, 0.15) is 18.5 Å². The Labute approximate surface area is 327 Å². The number of esters is 4. The van der Waals surface area contributed by atoms with Crippen LogP contribution in [0.25, 0.3) is 0 Å². The molecule has 2 unspecified atom stereocenters. The van der Waals surface area contributed by atoms with Gasteiger partial charge in [-0.25, -0.2) is 19.2 Å². The van der Waals surface area contributed by atoms with Crippen LogP contribution in [0.15, 0.2) is 121 Å². The number of carbonyl (C=O) groups is 5. The van der Waals surface area contributed by atoms with Crippen LogP contribution in [0.1, 0.15) is 88.4 Å². The summed E-state index contributed by atoms with van der Waals surface area (Å²) in [5.74, 6) is -2.76. The number of ether oxygens (including phenoxy) is 6. The van der Waals surface area contributed by atoms with E-state index in [0.717, 1.165) is 0 Å². The van der Waals surface area contributed by atoms with Crippen molar-refractivity contribution in [1.29, 1.82) is 0 Å². The summed E-state index contributed by atoms with van der Waals surface area (Å²) in [5.41, 5.74) is 0.343. The molecule has 56 heavy (non-hydrogen) atoms. The molecule has 1 fully saturated rings. The average molecular weight is 765 g/mol. The Morgan fingerprint density at radius 3 is 1.43 bits per heavy atom. The highest BCUT2D eigenvalue weighted by molar-refractivity contribution is 5.91.